The van der Waals surface area contributed by atoms with Crippen LogP contribution in [0.15, 0.2) is 18.2 Å². The van der Waals surface area contributed by atoms with Crippen molar-refractivity contribution in [3.05, 3.63) is 33.8 Å². The lowest BCUT2D eigenvalue weighted by atomic mass is 9.97. The Morgan fingerprint density at radius 3 is 2.85 bits per heavy atom. The number of likely N-dealkylation sites (N-methyl/N-ethyl adjacent to an activating group) is 1. The molecule has 20 heavy (non-hydrogen) atoms. The van der Waals surface area contributed by atoms with E-state index < -0.39 is 0 Å². The van der Waals surface area contributed by atoms with Gasteiger partial charge in [-0.25, -0.2) is 0 Å². The van der Waals surface area contributed by atoms with Gasteiger partial charge in [0.25, 0.3) is 0 Å². The lowest BCUT2D eigenvalue weighted by Gasteiger charge is -2.42. The quantitative estimate of drug-likeness (QED) is 0.924. The molecule has 5 heteroatoms. The third kappa shape index (κ3) is 2.83. The SMILES string of the molecule is CNCC1OCCN(C2CC2)C1c1cccc(Cl)c1Cl. The summed E-state index contributed by atoms with van der Waals surface area (Å²) in [6.45, 7) is 2.58. The van der Waals surface area contributed by atoms with Crippen LogP contribution in [0.1, 0.15) is 24.4 Å². The first-order valence-corrected chi connectivity index (χ1v) is 7.94. The second kappa shape index (κ2) is 6.20. The van der Waals surface area contributed by atoms with Crippen molar-refractivity contribution in [1.29, 1.82) is 0 Å². The van der Waals surface area contributed by atoms with Crippen LogP contribution in [0.25, 0.3) is 0 Å². The third-order valence-electron chi connectivity index (χ3n) is 4.11. The van der Waals surface area contributed by atoms with Gasteiger partial charge in [0.05, 0.1) is 28.8 Å². The highest BCUT2D eigenvalue weighted by molar-refractivity contribution is 6.42. The highest BCUT2D eigenvalue weighted by Crippen LogP contribution is 2.42. The molecule has 110 valence electrons. The van der Waals surface area contributed by atoms with Crippen LogP contribution < -0.4 is 5.32 Å². The van der Waals surface area contributed by atoms with Gasteiger partial charge in [0.2, 0.25) is 0 Å². The van der Waals surface area contributed by atoms with Gasteiger partial charge in [0.1, 0.15) is 0 Å². The zero-order valence-electron chi connectivity index (χ0n) is 11.6. The van der Waals surface area contributed by atoms with Gasteiger partial charge in [0, 0.05) is 19.1 Å². The lowest BCUT2D eigenvalue weighted by Crippen LogP contribution is -2.49. The topological polar surface area (TPSA) is 24.5 Å². The summed E-state index contributed by atoms with van der Waals surface area (Å²) >= 11 is 12.6. The molecule has 2 fully saturated rings. The summed E-state index contributed by atoms with van der Waals surface area (Å²) in [4.78, 5) is 2.54. The molecule has 0 bridgehead atoms. The number of hydrogen-bond acceptors (Lipinski definition) is 3. The van der Waals surface area contributed by atoms with Crippen molar-refractivity contribution in [2.75, 3.05) is 26.7 Å². The van der Waals surface area contributed by atoms with Gasteiger partial charge in [-0.2, -0.15) is 0 Å². The second-order valence-corrected chi connectivity index (χ2v) is 6.31. The molecule has 0 spiro atoms. The predicted octanol–water partition coefficient (Wildman–Crippen LogP) is 3.12. The van der Waals surface area contributed by atoms with Gasteiger partial charge < -0.3 is 10.1 Å². The van der Waals surface area contributed by atoms with Gasteiger partial charge in [-0.1, -0.05) is 35.3 Å². The zero-order valence-corrected chi connectivity index (χ0v) is 13.1. The number of benzene rings is 1. The Balaban J connectivity index is 1.96. The summed E-state index contributed by atoms with van der Waals surface area (Å²) in [6, 6.07) is 6.75. The van der Waals surface area contributed by atoms with Crippen LogP contribution >= 0.6 is 23.2 Å². The summed E-state index contributed by atoms with van der Waals surface area (Å²) in [5.74, 6) is 0. The molecule has 1 aromatic carbocycles. The molecule has 2 atom stereocenters. The molecule has 1 saturated carbocycles. The van der Waals surface area contributed by atoms with E-state index in [4.69, 9.17) is 27.9 Å². The first-order valence-electron chi connectivity index (χ1n) is 7.18. The molecule has 0 amide bonds. The van der Waals surface area contributed by atoms with Crippen LogP contribution in [0.3, 0.4) is 0 Å². The summed E-state index contributed by atoms with van der Waals surface area (Å²) in [5, 5.41) is 4.51. The van der Waals surface area contributed by atoms with E-state index in [1.807, 2.05) is 19.2 Å². The number of nitrogens with one attached hydrogen (secondary N) is 1. The lowest BCUT2D eigenvalue weighted by molar-refractivity contribution is -0.0739. The minimum atomic E-state index is 0.116. The van der Waals surface area contributed by atoms with Crippen LogP contribution in [-0.2, 0) is 4.74 Å². The number of hydrogen-bond donors (Lipinski definition) is 1. The van der Waals surface area contributed by atoms with Gasteiger partial charge in [-0.05, 0) is 31.5 Å². The number of ether oxygens (including phenoxy) is 1. The van der Waals surface area contributed by atoms with Crippen molar-refractivity contribution in [1.82, 2.24) is 10.2 Å². The average Bonchev–Trinajstić information content (AvgIpc) is 3.27. The van der Waals surface area contributed by atoms with E-state index >= 15 is 0 Å². The molecular formula is C15H20Cl2N2O. The smallest absolute Gasteiger partial charge is 0.0897 e. The van der Waals surface area contributed by atoms with Crippen molar-refractivity contribution in [2.45, 2.75) is 31.0 Å². The molecule has 1 aliphatic carbocycles. The van der Waals surface area contributed by atoms with Gasteiger partial charge in [0.15, 0.2) is 0 Å². The summed E-state index contributed by atoms with van der Waals surface area (Å²) in [6.07, 6.45) is 2.67. The first-order chi connectivity index (χ1) is 9.72. The van der Waals surface area contributed by atoms with Crippen LogP contribution in [0.4, 0.5) is 0 Å². The van der Waals surface area contributed by atoms with Crippen LogP contribution in [-0.4, -0.2) is 43.8 Å². The fourth-order valence-electron chi connectivity index (χ4n) is 3.07. The Kier molecular flexibility index (Phi) is 4.53. The maximum absolute atomic E-state index is 6.45. The Bertz CT molecular complexity index is 477. The standard InChI is InChI=1S/C15H20Cl2N2O/c1-18-9-13-15(11-3-2-4-12(16)14(11)17)19(7-8-20-13)10-5-6-10/h2-4,10,13,15,18H,5-9H2,1H3. The van der Waals surface area contributed by atoms with E-state index in [2.05, 4.69) is 16.3 Å². The van der Waals surface area contributed by atoms with E-state index in [-0.39, 0.29) is 12.1 Å². The Labute approximate surface area is 130 Å². The van der Waals surface area contributed by atoms with Crippen molar-refractivity contribution in [3.63, 3.8) is 0 Å². The number of rotatable bonds is 4. The van der Waals surface area contributed by atoms with Crippen molar-refractivity contribution < 1.29 is 4.74 Å². The van der Waals surface area contributed by atoms with Crippen molar-refractivity contribution in [3.8, 4) is 0 Å². The molecule has 1 aromatic rings. The highest BCUT2D eigenvalue weighted by Gasteiger charge is 2.41. The van der Waals surface area contributed by atoms with Crippen LogP contribution in [0.2, 0.25) is 10.0 Å². The normalized spacial score (nSPS) is 27.8. The largest absolute Gasteiger partial charge is 0.374 e. The molecule has 1 saturated heterocycles. The van der Waals surface area contributed by atoms with E-state index in [0.717, 1.165) is 25.3 Å². The Hall–Kier alpha value is -0.320. The van der Waals surface area contributed by atoms with Crippen LogP contribution in [0.5, 0.6) is 0 Å². The van der Waals surface area contributed by atoms with Crippen molar-refractivity contribution in [2.24, 2.45) is 0 Å². The van der Waals surface area contributed by atoms with Gasteiger partial charge in [-0.3, -0.25) is 4.90 Å². The summed E-state index contributed by atoms with van der Waals surface area (Å²) in [7, 11) is 1.95. The van der Waals surface area contributed by atoms with E-state index in [1.54, 1.807) is 0 Å². The van der Waals surface area contributed by atoms with Crippen LogP contribution in [0, 0.1) is 0 Å². The highest BCUT2D eigenvalue weighted by atomic mass is 35.5. The van der Waals surface area contributed by atoms with Gasteiger partial charge >= 0.3 is 0 Å². The summed E-state index contributed by atoms with van der Waals surface area (Å²) < 4.78 is 5.98. The molecule has 2 unspecified atom stereocenters. The molecular weight excluding hydrogens is 295 g/mol. The van der Waals surface area contributed by atoms with E-state index in [9.17, 15) is 0 Å². The third-order valence-corrected chi connectivity index (χ3v) is 4.95. The summed E-state index contributed by atoms with van der Waals surface area (Å²) in [5.41, 5.74) is 1.09. The first kappa shape index (κ1) is 14.6. The monoisotopic (exact) mass is 314 g/mol. The zero-order chi connectivity index (χ0) is 14.1. The molecule has 1 aliphatic heterocycles. The number of nitrogens with zero attached hydrogens (tertiary/aromatic N) is 1. The van der Waals surface area contributed by atoms with E-state index in [0.29, 0.717) is 16.1 Å². The maximum atomic E-state index is 6.45. The fraction of sp³-hybridized carbons (Fsp3) is 0.600. The average molecular weight is 315 g/mol. The molecule has 0 aromatic heterocycles. The molecule has 1 N–H and O–H groups in total. The molecule has 3 rings (SSSR count). The Morgan fingerprint density at radius 1 is 1.35 bits per heavy atom. The Morgan fingerprint density at radius 2 is 2.15 bits per heavy atom. The number of halogens is 2. The molecule has 1 heterocycles. The minimum absolute atomic E-state index is 0.116. The fourth-order valence-corrected chi connectivity index (χ4v) is 3.49. The minimum Gasteiger partial charge on any atom is -0.374 e. The maximum Gasteiger partial charge on any atom is 0.0897 e. The van der Waals surface area contributed by atoms with Gasteiger partial charge in [-0.15, -0.1) is 0 Å². The number of morpholine rings is 1. The van der Waals surface area contributed by atoms with Crippen molar-refractivity contribution >= 4 is 23.2 Å². The van der Waals surface area contributed by atoms with E-state index in [1.165, 1.54) is 12.8 Å². The molecule has 0 radical (unpaired) electrons. The molecule has 3 nitrogen and oxygen atoms in total. The predicted molar refractivity (Wildman–Crippen MR) is 82.6 cm³/mol. The molecule has 2 aliphatic rings. The second-order valence-electron chi connectivity index (χ2n) is 5.52.